The molecule has 16 heavy (non-hydrogen) atoms. The van der Waals surface area contributed by atoms with Gasteiger partial charge in [-0.1, -0.05) is 24.8 Å². The summed E-state index contributed by atoms with van der Waals surface area (Å²) in [5.74, 6) is -0.796. The minimum atomic E-state index is -0.731. The first-order valence-corrected chi connectivity index (χ1v) is 4.91. The second kappa shape index (κ2) is 6.02. The molecule has 2 N–H and O–H groups in total. The molecule has 0 saturated carbocycles. The third kappa shape index (κ3) is 3.82. The number of halogens is 1. The van der Waals surface area contributed by atoms with Crippen LogP contribution >= 0.6 is 0 Å². The Kier molecular flexibility index (Phi) is 4.66. The quantitative estimate of drug-likeness (QED) is 0.606. The third-order valence-corrected chi connectivity index (χ3v) is 2.02. The number of hydrogen-bond acceptors (Lipinski definition) is 3. The van der Waals surface area contributed by atoms with Gasteiger partial charge in [0.05, 0.1) is 0 Å². The summed E-state index contributed by atoms with van der Waals surface area (Å²) >= 11 is 0. The molecule has 1 rings (SSSR count). The number of benzene rings is 1. The molecule has 0 amide bonds. The molecule has 0 spiro atoms. The van der Waals surface area contributed by atoms with Crippen LogP contribution < -0.4 is 5.73 Å². The highest BCUT2D eigenvalue weighted by Gasteiger charge is 2.14. The Hall–Kier alpha value is -1.68. The van der Waals surface area contributed by atoms with Crippen molar-refractivity contribution < 1.29 is 13.9 Å². The van der Waals surface area contributed by atoms with Crippen molar-refractivity contribution in [1.29, 1.82) is 0 Å². The highest BCUT2D eigenvalue weighted by molar-refractivity contribution is 5.75. The van der Waals surface area contributed by atoms with Gasteiger partial charge in [-0.15, -0.1) is 0 Å². The molecule has 0 aromatic heterocycles. The lowest BCUT2D eigenvalue weighted by Crippen LogP contribution is -2.34. The van der Waals surface area contributed by atoms with Gasteiger partial charge in [-0.05, 0) is 24.1 Å². The monoisotopic (exact) mass is 223 g/mol. The second-order valence-electron chi connectivity index (χ2n) is 3.36. The van der Waals surface area contributed by atoms with Gasteiger partial charge in [0.25, 0.3) is 0 Å². The lowest BCUT2D eigenvalue weighted by atomic mass is 10.1. The first kappa shape index (κ1) is 12.4. The number of rotatable bonds is 5. The molecule has 1 atom stereocenters. The van der Waals surface area contributed by atoms with Gasteiger partial charge in [-0.2, -0.15) is 0 Å². The minimum absolute atomic E-state index is 0.149. The SMILES string of the molecule is C=CCOC(=O)[C@@H](N)Cc1ccc(F)cc1. The molecule has 86 valence electrons. The van der Waals surface area contributed by atoms with Crippen LogP contribution in [0.15, 0.2) is 36.9 Å². The molecule has 0 saturated heterocycles. The van der Waals surface area contributed by atoms with Crippen LogP contribution in [0.3, 0.4) is 0 Å². The van der Waals surface area contributed by atoms with Gasteiger partial charge in [-0.25, -0.2) is 4.39 Å². The zero-order valence-corrected chi connectivity index (χ0v) is 8.86. The van der Waals surface area contributed by atoms with Gasteiger partial charge in [0.1, 0.15) is 18.5 Å². The first-order chi connectivity index (χ1) is 7.63. The average molecular weight is 223 g/mol. The van der Waals surface area contributed by atoms with Crippen molar-refractivity contribution in [3.05, 3.63) is 48.3 Å². The highest BCUT2D eigenvalue weighted by atomic mass is 19.1. The molecule has 3 nitrogen and oxygen atoms in total. The maximum absolute atomic E-state index is 12.6. The van der Waals surface area contributed by atoms with Crippen LogP contribution in [0.1, 0.15) is 5.56 Å². The van der Waals surface area contributed by atoms with Crippen molar-refractivity contribution >= 4 is 5.97 Å². The molecule has 4 heteroatoms. The second-order valence-corrected chi connectivity index (χ2v) is 3.36. The summed E-state index contributed by atoms with van der Waals surface area (Å²) in [5, 5.41) is 0. The molecule has 1 aromatic rings. The molecule has 0 bridgehead atoms. The van der Waals surface area contributed by atoms with Crippen molar-refractivity contribution in [2.75, 3.05) is 6.61 Å². The average Bonchev–Trinajstić information content (AvgIpc) is 2.29. The van der Waals surface area contributed by atoms with Crippen LogP contribution in [-0.4, -0.2) is 18.6 Å². The van der Waals surface area contributed by atoms with Crippen LogP contribution in [0, 0.1) is 5.82 Å². The standard InChI is InChI=1S/C12H14FNO2/c1-2-7-16-12(15)11(14)8-9-3-5-10(13)6-4-9/h2-6,11H,1,7-8,14H2/t11-/m0/s1. The van der Waals surface area contributed by atoms with E-state index < -0.39 is 12.0 Å². The molecule has 0 aliphatic rings. The molecule has 0 unspecified atom stereocenters. The molecular formula is C12H14FNO2. The summed E-state index contributed by atoms with van der Waals surface area (Å²) in [5.41, 5.74) is 6.42. The van der Waals surface area contributed by atoms with Gasteiger partial charge in [0.2, 0.25) is 0 Å². The van der Waals surface area contributed by atoms with Gasteiger partial charge in [0.15, 0.2) is 0 Å². The van der Waals surface area contributed by atoms with Crippen LogP contribution in [0.5, 0.6) is 0 Å². The van der Waals surface area contributed by atoms with Gasteiger partial charge in [0, 0.05) is 0 Å². The van der Waals surface area contributed by atoms with E-state index in [9.17, 15) is 9.18 Å². The van der Waals surface area contributed by atoms with E-state index in [0.717, 1.165) is 5.56 Å². The third-order valence-electron chi connectivity index (χ3n) is 2.02. The number of hydrogen-bond donors (Lipinski definition) is 1. The van der Waals surface area contributed by atoms with Crippen molar-refractivity contribution in [1.82, 2.24) is 0 Å². The number of ether oxygens (including phenoxy) is 1. The maximum Gasteiger partial charge on any atom is 0.323 e. The first-order valence-electron chi connectivity index (χ1n) is 4.91. The Labute approximate surface area is 93.7 Å². The van der Waals surface area contributed by atoms with E-state index in [1.807, 2.05) is 0 Å². The van der Waals surface area contributed by atoms with Gasteiger partial charge in [-0.3, -0.25) is 4.79 Å². The topological polar surface area (TPSA) is 52.3 Å². The molecule has 0 radical (unpaired) electrons. The summed E-state index contributed by atoms with van der Waals surface area (Å²) in [7, 11) is 0. The van der Waals surface area contributed by atoms with Gasteiger partial charge < -0.3 is 10.5 Å². The molecule has 0 fully saturated rings. The van der Waals surface area contributed by atoms with Gasteiger partial charge >= 0.3 is 5.97 Å². The molecule has 1 aromatic carbocycles. The molecule has 0 aliphatic carbocycles. The summed E-state index contributed by atoms with van der Waals surface area (Å²) < 4.78 is 17.4. The lowest BCUT2D eigenvalue weighted by molar-refractivity contribution is -0.143. The summed E-state index contributed by atoms with van der Waals surface area (Å²) in [6, 6.07) is 5.12. The Bertz CT molecular complexity index is 362. The fourth-order valence-electron chi connectivity index (χ4n) is 1.21. The van der Waals surface area contributed by atoms with E-state index in [0.29, 0.717) is 6.42 Å². The van der Waals surface area contributed by atoms with Crippen molar-refractivity contribution in [3.8, 4) is 0 Å². The van der Waals surface area contributed by atoms with E-state index in [2.05, 4.69) is 6.58 Å². The molecular weight excluding hydrogens is 209 g/mol. The highest BCUT2D eigenvalue weighted by Crippen LogP contribution is 2.05. The van der Waals surface area contributed by atoms with Crippen LogP contribution in [0.25, 0.3) is 0 Å². The number of esters is 1. The van der Waals surface area contributed by atoms with Crippen molar-refractivity contribution in [3.63, 3.8) is 0 Å². The smallest absolute Gasteiger partial charge is 0.323 e. The Morgan fingerprint density at radius 3 is 2.69 bits per heavy atom. The predicted molar refractivity (Wildman–Crippen MR) is 59.2 cm³/mol. The number of carbonyl (C=O) groups is 1. The van der Waals surface area contributed by atoms with E-state index in [4.69, 9.17) is 10.5 Å². The number of carbonyl (C=O) groups excluding carboxylic acids is 1. The predicted octanol–water partition coefficient (Wildman–Crippen LogP) is 1.42. The fraction of sp³-hybridized carbons (Fsp3) is 0.250. The Balaban J connectivity index is 2.50. The molecule has 0 aliphatic heterocycles. The van der Waals surface area contributed by atoms with E-state index in [1.54, 1.807) is 12.1 Å². The summed E-state index contributed by atoms with van der Waals surface area (Å²) in [6.07, 6.45) is 1.80. The largest absolute Gasteiger partial charge is 0.460 e. The summed E-state index contributed by atoms with van der Waals surface area (Å²) in [4.78, 5) is 11.3. The molecule has 0 heterocycles. The van der Waals surface area contributed by atoms with Crippen LogP contribution in [0.4, 0.5) is 4.39 Å². The zero-order chi connectivity index (χ0) is 12.0. The van der Waals surface area contributed by atoms with Crippen LogP contribution in [0.2, 0.25) is 0 Å². The van der Waals surface area contributed by atoms with E-state index in [1.165, 1.54) is 18.2 Å². The normalized spacial score (nSPS) is 11.9. The van der Waals surface area contributed by atoms with E-state index in [-0.39, 0.29) is 12.4 Å². The zero-order valence-electron chi connectivity index (χ0n) is 8.86. The minimum Gasteiger partial charge on any atom is -0.460 e. The number of nitrogens with two attached hydrogens (primary N) is 1. The van der Waals surface area contributed by atoms with Crippen molar-refractivity contribution in [2.45, 2.75) is 12.5 Å². The van der Waals surface area contributed by atoms with Crippen LogP contribution in [-0.2, 0) is 16.0 Å². The maximum atomic E-state index is 12.6. The Morgan fingerprint density at radius 2 is 2.12 bits per heavy atom. The van der Waals surface area contributed by atoms with E-state index >= 15 is 0 Å². The Morgan fingerprint density at radius 1 is 1.50 bits per heavy atom. The van der Waals surface area contributed by atoms with Crippen molar-refractivity contribution in [2.24, 2.45) is 5.73 Å². The lowest BCUT2D eigenvalue weighted by Gasteiger charge is -2.10. The fourth-order valence-corrected chi connectivity index (χ4v) is 1.21. The summed E-state index contributed by atoms with van der Waals surface area (Å²) in [6.45, 7) is 3.57.